The van der Waals surface area contributed by atoms with Crippen molar-refractivity contribution in [3.8, 4) is 0 Å². The summed E-state index contributed by atoms with van der Waals surface area (Å²) in [6.45, 7) is 3.10. The van der Waals surface area contributed by atoms with Crippen LogP contribution in [-0.2, 0) is 25.7 Å². The van der Waals surface area contributed by atoms with Gasteiger partial charge >= 0.3 is 5.97 Å². The van der Waals surface area contributed by atoms with Gasteiger partial charge in [0.1, 0.15) is 5.41 Å². The molecule has 0 unspecified atom stereocenters. The fraction of sp³-hybridized carbons (Fsp3) is 0.552. The van der Waals surface area contributed by atoms with Gasteiger partial charge < -0.3 is 15.0 Å². The molecular formula is C29H38N2O4. The predicted octanol–water partition coefficient (Wildman–Crippen LogP) is 5.05. The van der Waals surface area contributed by atoms with E-state index in [9.17, 15) is 14.4 Å². The SMILES string of the molecule is CCOC(=O)[C@]12CCCC=C1N(CCC1=CCCCC1)C(=O)[C@H](CC(=O)NCc1ccccc1)C2. The van der Waals surface area contributed by atoms with E-state index in [4.69, 9.17) is 4.74 Å². The molecule has 0 radical (unpaired) electrons. The molecule has 3 aliphatic rings. The zero-order valence-electron chi connectivity index (χ0n) is 20.9. The summed E-state index contributed by atoms with van der Waals surface area (Å²) >= 11 is 0. The fourth-order valence-electron chi connectivity index (χ4n) is 5.82. The van der Waals surface area contributed by atoms with Crippen molar-refractivity contribution < 1.29 is 19.1 Å². The zero-order chi connectivity index (χ0) is 24.7. The molecule has 0 aromatic heterocycles. The number of likely N-dealkylation sites (tertiary alicyclic amines) is 1. The molecule has 35 heavy (non-hydrogen) atoms. The Bertz CT molecular complexity index is 984. The molecule has 2 atom stereocenters. The first-order chi connectivity index (χ1) is 17.0. The first-order valence-electron chi connectivity index (χ1n) is 13.2. The molecule has 1 aromatic rings. The van der Waals surface area contributed by atoms with Crippen LogP contribution in [0.5, 0.6) is 0 Å². The van der Waals surface area contributed by atoms with Gasteiger partial charge in [0.2, 0.25) is 11.8 Å². The van der Waals surface area contributed by atoms with Crippen molar-refractivity contribution in [3.63, 3.8) is 0 Å². The summed E-state index contributed by atoms with van der Waals surface area (Å²) in [5.41, 5.74) is 2.38. The molecule has 1 saturated heterocycles. The van der Waals surface area contributed by atoms with E-state index in [-0.39, 0.29) is 24.2 Å². The average molecular weight is 479 g/mol. The predicted molar refractivity (Wildman–Crippen MR) is 135 cm³/mol. The highest BCUT2D eigenvalue weighted by Crippen LogP contribution is 2.50. The van der Waals surface area contributed by atoms with Crippen molar-refractivity contribution in [1.82, 2.24) is 10.2 Å². The average Bonchev–Trinajstić information content (AvgIpc) is 2.89. The third-order valence-corrected chi connectivity index (χ3v) is 7.61. The van der Waals surface area contributed by atoms with Crippen molar-refractivity contribution in [3.05, 3.63) is 59.3 Å². The largest absolute Gasteiger partial charge is 0.465 e. The molecule has 6 heteroatoms. The van der Waals surface area contributed by atoms with Crippen LogP contribution < -0.4 is 5.32 Å². The number of amides is 2. The van der Waals surface area contributed by atoms with E-state index >= 15 is 0 Å². The Morgan fingerprint density at radius 3 is 2.66 bits per heavy atom. The lowest BCUT2D eigenvalue weighted by molar-refractivity contribution is -0.162. The number of allylic oxidation sites excluding steroid dienone is 2. The number of rotatable bonds is 9. The minimum absolute atomic E-state index is 0.0376. The Kier molecular flexibility index (Phi) is 8.42. The van der Waals surface area contributed by atoms with Crippen LogP contribution in [0.2, 0.25) is 0 Å². The van der Waals surface area contributed by atoms with E-state index in [1.807, 2.05) is 42.2 Å². The van der Waals surface area contributed by atoms with E-state index < -0.39 is 11.3 Å². The maximum absolute atomic E-state index is 13.7. The summed E-state index contributed by atoms with van der Waals surface area (Å²) in [5, 5.41) is 2.95. The highest BCUT2D eigenvalue weighted by atomic mass is 16.5. The van der Waals surface area contributed by atoms with Crippen molar-refractivity contribution in [2.45, 2.75) is 77.7 Å². The molecule has 4 rings (SSSR count). The molecule has 1 aromatic carbocycles. The van der Waals surface area contributed by atoms with E-state index in [1.54, 1.807) is 0 Å². The molecule has 2 amide bonds. The number of carbonyl (C=O) groups is 3. The van der Waals surface area contributed by atoms with Gasteiger partial charge in [-0.1, -0.05) is 48.1 Å². The van der Waals surface area contributed by atoms with Crippen LogP contribution in [0.15, 0.2) is 53.8 Å². The topological polar surface area (TPSA) is 75.7 Å². The molecule has 1 heterocycles. The van der Waals surface area contributed by atoms with Gasteiger partial charge in [-0.25, -0.2) is 0 Å². The van der Waals surface area contributed by atoms with Crippen molar-refractivity contribution >= 4 is 17.8 Å². The number of fused-ring (bicyclic) bond motifs is 1. The fourth-order valence-corrected chi connectivity index (χ4v) is 5.82. The normalized spacial score (nSPS) is 24.2. The van der Waals surface area contributed by atoms with Crippen molar-refractivity contribution in [2.75, 3.05) is 13.2 Å². The zero-order valence-corrected chi connectivity index (χ0v) is 20.9. The van der Waals surface area contributed by atoms with Gasteiger partial charge in [0, 0.05) is 31.1 Å². The maximum atomic E-state index is 13.7. The van der Waals surface area contributed by atoms with Crippen LogP contribution in [-0.4, -0.2) is 35.8 Å². The number of benzene rings is 1. The van der Waals surface area contributed by atoms with Crippen molar-refractivity contribution in [1.29, 1.82) is 0 Å². The summed E-state index contributed by atoms with van der Waals surface area (Å²) in [7, 11) is 0. The van der Waals surface area contributed by atoms with E-state index in [0.717, 1.165) is 43.4 Å². The minimum atomic E-state index is -0.840. The number of esters is 1. The summed E-state index contributed by atoms with van der Waals surface area (Å²) in [6.07, 6.45) is 12.6. The second-order valence-corrected chi connectivity index (χ2v) is 10.00. The molecule has 1 fully saturated rings. The number of carbonyl (C=O) groups excluding carboxylic acids is 3. The number of piperidine rings is 1. The third-order valence-electron chi connectivity index (χ3n) is 7.61. The minimum Gasteiger partial charge on any atom is -0.465 e. The lowest BCUT2D eigenvalue weighted by atomic mass is 9.66. The first-order valence-corrected chi connectivity index (χ1v) is 13.2. The molecular weight excluding hydrogens is 440 g/mol. The molecule has 0 bridgehead atoms. The van der Waals surface area contributed by atoms with Gasteiger partial charge in [0.25, 0.3) is 0 Å². The standard InChI is InChI=1S/C29H38N2O4/c1-2-35-28(34)29-17-10-9-15-25(29)31(18-16-22-11-5-3-6-12-22)27(33)24(20-29)19-26(32)30-21-23-13-7-4-8-14-23/h4,7-8,11,13-15,24H,2-3,5-6,9-10,12,16-21H2,1H3,(H,30,32)/t24-,29+/m1/s1. The molecule has 1 N–H and O–H groups in total. The quantitative estimate of drug-likeness (QED) is 0.398. The van der Waals surface area contributed by atoms with Crippen LogP contribution in [0, 0.1) is 11.3 Å². The van der Waals surface area contributed by atoms with Crippen LogP contribution in [0.4, 0.5) is 0 Å². The monoisotopic (exact) mass is 478 g/mol. The Hall–Kier alpha value is -2.89. The Morgan fingerprint density at radius 1 is 1.11 bits per heavy atom. The number of ether oxygens (including phenoxy) is 1. The van der Waals surface area contributed by atoms with Gasteiger partial charge in [-0.15, -0.1) is 0 Å². The van der Waals surface area contributed by atoms with Crippen LogP contribution in [0.1, 0.15) is 76.7 Å². The Labute approximate surface area is 208 Å². The van der Waals surface area contributed by atoms with Crippen LogP contribution in [0.25, 0.3) is 0 Å². The summed E-state index contributed by atoms with van der Waals surface area (Å²) in [6, 6.07) is 9.73. The van der Waals surface area contributed by atoms with E-state index in [1.165, 1.54) is 18.4 Å². The van der Waals surface area contributed by atoms with Gasteiger partial charge in [0.15, 0.2) is 0 Å². The smallest absolute Gasteiger partial charge is 0.318 e. The van der Waals surface area contributed by atoms with E-state index in [0.29, 0.717) is 32.5 Å². The summed E-state index contributed by atoms with van der Waals surface area (Å²) in [5.74, 6) is -0.991. The van der Waals surface area contributed by atoms with Gasteiger partial charge in [-0.2, -0.15) is 0 Å². The highest BCUT2D eigenvalue weighted by Gasteiger charge is 2.54. The Balaban J connectivity index is 1.54. The first kappa shape index (κ1) is 25.2. The van der Waals surface area contributed by atoms with E-state index in [2.05, 4.69) is 17.5 Å². The molecule has 0 saturated carbocycles. The van der Waals surface area contributed by atoms with Gasteiger partial charge in [-0.3, -0.25) is 14.4 Å². The number of hydrogen-bond donors (Lipinski definition) is 1. The number of hydrogen-bond acceptors (Lipinski definition) is 4. The number of nitrogens with zero attached hydrogens (tertiary/aromatic N) is 1. The molecule has 6 nitrogen and oxygen atoms in total. The lowest BCUT2D eigenvalue weighted by Gasteiger charge is -2.48. The second-order valence-electron chi connectivity index (χ2n) is 10.00. The second kappa shape index (κ2) is 11.7. The number of nitrogens with one attached hydrogen (secondary N) is 1. The summed E-state index contributed by atoms with van der Waals surface area (Å²) < 4.78 is 5.55. The van der Waals surface area contributed by atoms with Crippen molar-refractivity contribution in [2.24, 2.45) is 11.3 Å². The highest BCUT2D eigenvalue weighted by molar-refractivity contribution is 5.92. The molecule has 1 aliphatic heterocycles. The third kappa shape index (κ3) is 5.85. The maximum Gasteiger partial charge on any atom is 0.318 e. The van der Waals surface area contributed by atoms with Crippen LogP contribution >= 0.6 is 0 Å². The molecule has 2 aliphatic carbocycles. The molecule has 188 valence electrons. The lowest BCUT2D eigenvalue weighted by Crippen LogP contribution is -2.54. The van der Waals surface area contributed by atoms with Gasteiger partial charge in [0.05, 0.1) is 6.61 Å². The Morgan fingerprint density at radius 2 is 1.91 bits per heavy atom. The van der Waals surface area contributed by atoms with Crippen LogP contribution in [0.3, 0.4) is 0 Å². The van der Waals surface area contributed by atoms with Gasteiger partial charge in [-0.05, 0) is 70.3 Å². The summed E-state index contributed by atoms with van der Waals surface area (Å²) in [4.78, 5) is 41.8. The molecule has 0 spiro atoms.